The molecule has 0 N–H and O–H groups in total. The van der Waals surface area contributed by atoms with Gasteiger partial charge in [-0.05, 0) is 37.6 Å². The summed E-state index contributed by atoms with van der Waals surface area (Å²) < 4.78 is 1.62. The van der Waals surface area contributed by atoms with E-state index < -0.39 is 0 Å². The van der Waals surface area contributed by atoms with Crippen molar-refractivity contribution in [3.63, 3.8) is 0 Å². The van der Waals surface area contributed by atoms with E-state index in [1.807, 2.05) is 62.5 Å². The summed E-state index contributed by atoms with van der Waals surface area (Å²) in [5.74, 6) is 0. The maximum absolute atomic E-state index is 12.6. The van der Waals surface area contributed by atoms with Gasteiger partial charge in [-0.2, -0.15) is 0 Å². The summed E-state index contributed by atoms with van der Waals surface area (Å²) in [5, 5.41) is 0. The van der Waals surface area contributed by atoms with Crippen LogP contribution < -0.4 is 5.56 Å². The van der Waals surface area contributed by atoms with Crippen LogP contribution in [0.5, 0.6) is 0 Å². The predicted octanol–water partition coefficient (Wildman–Crippen LogP) is 3.46. The molecule has 0 saturated heterocycles. The molecule has 0 radical (unpaired) electrons. The molecule has 3 aromatic rings. The SMILES string of the molecule is Cc1ccc2nc(C)c(Sc3ccccc3)c(=O)n2c1. The first kappa shape index (κ1) is 12.9. The summed E-state index contributed by atoms with van der Waals surface area (Å²) in [4.78, 5) is 18.8. The maximum atomic E-state index is 12.6. The highest BCUT2D eigenvalue weighted by Crippen LogP contribution is 2.26. The van der Waals surface area contributed by atoms with E-state index >= 15 is 0 Å². The molecule has 2 aromatic heterocycles. The standard InChI is InChI=1S/C16H14N2OS/c1-11-8-9-14-17-12(2)15(16(19)18(14)10-11)20-13-6-4-3-5-7-13/h3-10H,1-2H3. The van der Waals surface area contributed by atoms with Crippen LogP contribution in [0.25, 0.3) is 5.65 Å². The van der Waals surface area contributed by atoms with Crippen molar-refractivity contribution in [1.29, 1.82) is 0 Å². The largest absolute Gasteiger partial charge is 0.272 e. The van der Waals surface area contributed by atoms with E-state index in [1.54, 1.807) is 4.40 Å². The first-order valence-corrected chi connectivity index (χ1v) is 7.19. The summed E-state index contributed by atoms with van der Waals surface area (Å²) >= 11 is 1.47. The number of pyridine rings is 1. The van der Waals surface area contributed by atoms with Crippen molar-refractivity contribution in [1.82, 2.24) is 9.38 Å². The zero-order valence-electron chi connectivity index (χ0n) is 11.3. The Kier molecular flexibility index (Phi) is 3.32. The van der Waals surface area contributed by atoms with Crippen LogP contribution in [0.15, 0.2) is 63.2 Å². The molecule has 1 aromatic carbocycles. The molecule has 0 saturated carbocycles. The van der Waals surface area contributed by atoms with Crippen LogP contribution in [0.4, 0.5) is 0 Å². The Morgan fingerprint density at radius 1 is 1.05 bits per heavy atom. The molecular weight excluding hydrogens is 268 g/mol. The number of hydrogen-bond donors (Lipinski definition) is 0. The van der Waals surface area contributed by atoms with E-state index in [4.69, 9.17) is 0 Å². The molecule has 0 amide bonds. The van der Waals surface area contributed by atoms with Gasteiger partial charge in [0, 0.05) is 11.1 Å². The topological polar surface area (TPSA) is 34.4 Å². The normalized spacial score (nSPS) is 10.9. The fraction of sp³-hybridized carbons (Fsp3) is 0.125. The van der Waals surface area contributed by atoms with Crippen molar-refractivity contribution in [2.24, 2.45) is 0 Å². The summed E-state index contributed by atoms with van der Waals surface area (Å²) in [6, 6.07) is 13.7. The molecule has 20 heavy (non-hydrogen) atoms. The Balaban J connectivity index is 2.18. The third kappa shape index (κ3) is 2.34. The fourth-order valence-corrected chi connectivity index (χ4v) is 2.97. The van der Waals surface area contributed by atoms with Gasteiger partial charge in [0.2, 0.25) is 0 Å². The van der Waals surface area contributed by atoms with Crippen molar-refractivity contribution in [3.8, 4) is 0 Å². The van der Waals surface area contributed by atoms with E-state index in [-0.39, 0.29) is 5.56 Å². The second kappa shape index (κ2) is 5.13. The van der Waals surface area contributed by atoms with E-state index in [0.717, 1.165) is 16.2 Å². The van der Waals surface area contributed by atoms with Crippen LogP contribution in [-0.2, 0) is 0 Å². The Hall–Kier alpha value is -2.07. The predicted molar refractivity (Wildman–Crippen MR) is 81.5 cm³/mol. The molecule has 0 atom stereocenters. The van der Waals surface area contributed by atoms with Gasteiger partial charge in [-0.15, -0.1) is 0 Å². The summed E-state index contributed by atoms with van der Waals surface area (Å²) in [6.45, 7) is 3.85. The van der Waals surface area contributed by atoms with Crippen molar-refractivity contribution in [2.75, 3.05) is 0 Å². The monoisotopic (exact) mass is 282 g/mol. The highest BCUT2D eigenvalue weighted by atomic mass is 32.2. The average molecular weight is 282 g/mol. The lowest BCUT2D eigenvalue weighted by atomic mass is 10.3. The average Bonchev–Trinajstić information content (AvgIpc) is 2.46. The van der Waals surface area contributed by atoms with Gasteiger partial charge >= 0.3 is 0 Å². The number of benzene rings is 1. The van der Waals surface area contributed by atoms with Crippen LogP contribution in [0.1, 0.15) is 11.3 Å². The van der Waals surface area contributed by atoms with Gasteiger partial charge in [0.1, 0.15) is 5.65 Å². The minimum atomic E-state index is -0.00921. The van der Waals surface area contributed by atoms with Crippen LogP contribution in [0.3, 0.4) is 0 Å². The third-order valence-corrected chi connectivity index (χ3v) is 4.24. The molecule has 2 heterocycles. The lowest BCUT2D eigenvalue weighted by Gasteiger charge is -2.08. The summed E-state index contributed by atoms with van der Waals surface area (Å²) in [7, 11) is 0. The molecule has 0 aliphatic heterocycles. The van der Waals surface area contributed by atoms with Crippen molar-refractivity contribution < 1.29 is 0 Å². The van der Waals surface area contributed by atoms with Gasteiger partial charge in [-0.3, -0.25) is 9.20 Å². The Morgan fingerprint density at radius 3 is 2.55 bits per heavy atom. The smallest absolute Gasteiger partial charge is 0.268 e. The molecule has 0 bridgehead atoms. The van der Waals surface area contributed by atoms with Crippen LogP contribution in [0.2, 0.25) is 0 Å². The number of hydrogen-bond acceptors (Lipinski definition) is 3. The lowest BCUT2D eigenvalue weighted by Crippen LogP contribution is -2.18. The molecule has 0 spiro atoms. The molecule has 4 heteroatoms. The molecule has 3 nitrogen and oxygen atoms in total. The van der Waals surface area contributed by atoms with Gasteiger partial charge in [0.15, 0.2) is 0 Å². The lowest BCUT2D eigenvalue weighted by molar-refractivity contribution is 0.941. The number of nitrogens with zero attached hydrogens (tertiary/aromatic N) is 2. The van der Waals surface area contributed by atoms with E-state index in [9.17, 15) is 4.79 Å². The van der Waals surface area contributed by atoms with Crippen molar-refractivity contribution >= 4 is 17.4 Å². The number of aryl methyl sites for hydroxylation is 2. The Bertz CT molecular complexity index is 825. The van der Waals surface area contributed by atoms with Gasteiger partial charge in [0.05, 0.1) is 10.6 Å². The number of aromatic nitrogens is 2. The van der Waals surface area contributed by atoms with Gasteiger partial charge in [-0.1, -0.05) is 36.0 Å². The van der Waals surface area contributed by atoms with Crippen molar-refractivity contribution in [2.45, 2.75) is 23.6 Å². The highest BCUT2D eigenvalue weighted by molar-refractivity contribution is 7.99. The molecule has 3 rings (SSSR count). The molecule has 0 aliphatic rings. The molecular formula is C16H14N2OS. The summed E-state index contributed by atoms with van der Waals surface area (Å²) in [5.41, 5.74) is 2.49. The zero-order valence-corrected chi connectivity index (χ0v) is 12.1. The zero-order chi connectivity index (χ0) is 14.1. The maximum Gasteiger partial charge on any atom is 0.272 e. The van der Waals surface area contributed by atoms with E-state index in [2.05, 4.69) is 4.98 Å². The quantitative estimate of drug-likeness (QED) is 0.722. The van der Waals surface area contributed by atoms with Crippen LogP contribution in [-0.4, -0.2) is 9.38 Å². The van der Waals surface area contributed by atoms with E-state index in [0.29, 0.717) is 10.5 Å². The van der Waals surface area contributed by atoms with Crippen molar-refractivity contribution in [3.05, 3.63) is 70.3 Å². The first-order chi connectivity index (χ1) is 9.65. The Morgan fingerprint density at radius 2 is 1.80 bits per heavy atom. The van der Waals surface area contributed by atoms with E-state index in [1.165, 1.54) is 11.8 Å². The number of rotatable bonds is 2. The van der Waals surface area contributed by atoms with Crippen LogP contribution in [0, 0.1) is 13.8 Å². The molecule has 100 valence electrons. The van der Waals surface area contributed by atoms with Gasteiger partial charge in [-0.25, -0.2) is 4.98 Å². The highest BCUT2D eigenvalue weighted by Gasteiger charge is 2.11. The van der Waals surface area contributed by atoms with Crippen LogP contribution >= 0.6 is 11.8 Å². The second-order valence-corrected chi connectivity index (χ2v) is 5.77. The fourth-order valence-electron chi connectivity index (χ4n) is 2.06. The first-order valence-electron chi connectivity index (χ1n) is 6.38. The van der Waals surface area contributed by atoms with Gasteiger partial charge < -0.3 is 0 Å². The molecule has 0 aliphatic carbocycles. The molecule has 0 fully saturated rings. The molecule has 0 unspecified atom stereocenters. The second-order valence-electron chi connectivity index (χ2n) is 4.68. The summed E-state index contributed by atoms with van der Waals surface area (Å²) in [6.07, 6.45) is 1.83. The third-order valence-electron chi connectivity index (χ3n) is 3.06. The minimum Gasteiger partial charge on any atom is -0.268 e. The number of fused-ring (bicyclic) bond motifs is 1. The Labute approximate surface area is 121 Å². The van der Waals surface area contributed by atoms with Gasteiger partial charge in [0.25, 0.3) is 5.56 Å². The minimum absolute atomic E-state index is 0.00921.